The number of carbonyl (C=O) groups is 1. The molecule has 1 saturated heterocycles. The predicted molar refractivity (Wildman–Crippen MR) is 49.0 cm³/mol. The molecule has 1 rings (SSSR count). The number of halogens is 2. The van der Waals surface area contributed by atoms with Gasteiger partial charge in [0.1, 0.15) is 0 Å². The van der Waals surface area contributed by atoms with E-state index in [0.717, 1.165) is 6.92 Å². The Labute approximate surface area is 82.2 Å². The van der Waals surface area contributed by atoms with Crippen LogP contribution in [0.25, 0.3) is 0 Å². The van der Waals surface area contributed by atoms with Crippen LogP contribution in [-0.4, -0.2) is 35.9 Å². The van der Waals surface area contributed by atoms with Crippen molar-refractivity contribution < 1.29 is 13.6 Å². The van der Waals surface area contributed by atoms with Crippen molar-refractivity contribution in [3.8, 4) is 0 Å². The number of amides is 1. The van der Waals surface area contributed by atoms with Crippen molar-refractivity contribution in [3.63, 3.8) is 0 Å². The van der Waals surface area contributed by atoms with E-state index in [2.05, 4.69) is 0 Å². The third kappa shape index (κ3) is 2.41. The summed E-state index contributed by atoms with van der Waals surface area (Å²) in [6, 6.07) is -0.0587. The van der Waals surface area contributed by atoms with Gasteiger partial charge in [-0.3, -0.25) is 4.79 Å². The second-order valence-corrected chi connectivity index (χ2v) is 4.01. The number of hydrogen-bond donors (Lipinski definition) is 1. The van der Waals surface area contributed by atoms with Crippen LogP contribution in [-0.2, 0) is 4.79 Å². The Bertz CT molecular complexity index is 227. The van der Waals surface area contributed by atoms with Crippen molar-refractivity contribution in [2.75, 3.05) is 13.1 Å². The lowest BCUT2D eigenvalue weighted by Crippen LogP contribution is -2.41. The zero-order chi connectivity index (χ0) is 10.9. The highest BCUT2D eigenvalue weighted by Crippen LogP contribution is 2.26. The van der Waals surface area contributed by atoms with Crippen LogP contribution >= 0.6 is 0 Å². The molecule has 0 radical (unpaired) electrons. The number of carbonyl (C=O) groups excluding carboxylic acids is 1. The molecule has 14 heavy (non-hydrogen) atoms. The Balaban J connectivity index is 2.57. The van der Waals surface area contributed by atoms with Gasteiger partial charge < -0.3 is 10.6 Å². The summed E-state index contributed by atoms with van der Waals surface area (Å²) in [5.41, 5.74) is 5.59. The number of rotatable bonds is 2. The fourth-order valence-electron chi connectivity index (χ4n) is 1.48. The molecule has 0 bridgehead atoms. The summed E-state index contributed by atoms with van der Waals surface area (Å²) >= 11 is 0. The van der Waals surface area contributed by atoms with Gasteiger partial charge >= 0.3 is 0 Å². The summed E-state index contributed by atoms with van der Waals surface area (Å²) in [5.74, 6) is -4.71. The summed E-state index contributed by atoms with van der Waals surface area (Å²) < 4.78 is 25.7. The Morgan fingerprint density at radius 2 is 2.21 bits per heavy atom. The van der Waals surface area contributed by atoms with Gasteiger partial charge in [0.05, 0.1) is 5.92 Å². The van der Waals surface area contributed by atoms with E-state index in [0.29, 0.717) is 19.5 Å². The first-order chi connectivity index (χ1) is 6.32. The summed E-state index contributed by atoms with van der Waals surface area (Å²) in [4.78, 5) is 13.0. The third-order valence-electron chi connectivity index (χ3n) is 2.67. The van der Waals surface area contributed by atoms with Crippen LogP contribution < -0.4 is 5.73 Å². The van der Waals surface area contributed by atoms with Gasteiger partial charge in [-0.1, -0.05) is 0 Å². The van der Waals surface area contributed by atoms with E-state index in [9.17, 15) is 13.6 Å². The lowest BCUT2D eigenvalue weighted by molar-refractivity contribution is -0.145. The van der Waals surface area contributed by atoms with Crippen molar-refractivity contribution in [2.45, 2.75) is 32.2 Å². The first-order valence-electron chi connectivity index (χ1n) is 4.74. The van der Waals surface area contributed by atoms with E-state index >= 15 is 0 Å². The number of nitrogens with two attached hydrogens (primary N) is 1. The monoisotopic (exact) mass is 206 g/mol. The normalized spacial score (nSPS) is 25.2. The van der Waals surface area contributed by atoms with Gasteiger partial charge in [0, 0.05) is 26.1 Å². The van der Waals surface area contributed by atoms with Crippen molar-refractivity contribution in [1.82, 2.24) is 4.90 Å². The fraction of sp³-hybridized carbons (Fsp3) is 0.889. The summed E-state index contributed by atoms with van der Waals surface area (Å²) in [7, 11) is 0. The van der Waals surface area contributed by atoms with Gasteiger partial charge in [-0.05, 0) is 13.3 Å². The van der Waals surface area contributed by atoms with Crippen LogP contribution in [0.1, 0.15) is 20.3 Å². The van der Waals surface area contributed by atoms with Crippen molar-refractivity contribution in [2.24, 2.45) is 11.7 Å². The molecule has 1 aliphatic rings. The molecular formula is C9H16F2N2O. The average molecular weight is 206 g/mol. The van der Waals surface area contributed by atoms with Gasteiger partial charge in [-0.2, -0.15) is 0 Å². The predicted octanol–water partition coefficient (Wildman–Crippen LogP) is 0.837. The second-order valence-electron chi connectivity index (χ2n) is 4.01. The molecule has 1 aliphatic heterocycles. The maximum absolute atomic E-state index is 12.8. The average Bonchev–Trinajstić information content (AvgIpc) is 2.47. The fourth-order valence-corrected chi connectivity index (χ4v) is 1.48. The minimum absolute atomic E-state index is 0.0587. The third-order valence-corrected chi connectivity index (χ3v) is 2.67. The molecule has 2 atom stereocenters. The SMILES string of the molecule is CC(C(=O)N1CC[C@H](N)C1)C(C)(F)F. The highest BCUT2D eigenvalue weighted by molar-refractivity contribution is 5.79. The molecule has 2 N–H and O–H groups in total. The lowest BCUT2D eigenvalue weighted by Gasteiger charge is -2.24. The molecule has 0 aromatic carbocycles. The van der Waals surface area contributed by atoms with Crippen LogP contribution in [0, 0.1) is 5.92 Å². The Morgan fingerprint density at radius 3 is 2.57 bits per heavy atom. The number of likely N-dealkylation sites (tertiary alicyclic amines) is 1. The molecular weight excluding hydrogens is 190 g/mol. The minimum atomic E-state index is -2.95. The quantitative estimate of drug-likeness (QED) is 0.727. The molecule has 1 fully saturated rings. The largest absolute Gasteiger partial charge is 0.341 e. The lowest BCUT2D eigenvalue weighted by atomic mass is 10.0. The van der Waals surface area contributed by atoms with E-state index < -0.39 is 17.7 Å². The number of alkyl halides is 2. The molecule has 5 heteroatoms. The van der Waals surface area contributed by atoms with Crippen LogP contribution in [0.2, 0.25) is 0 Å². The molecule has 1 heterocycles. The molecule has 0 saturated carbocycles. The smallest absolute Gasteiger partial charge is 0.256 e. The molecule has 82 valence electrons. The van der Waals surface area contributed by atoms with E-state index in [-0.39, 0.29) is 6.04 Å². The van der Waals surface area contributed by atoms with E-state index in [1.54, 1.807) is 0 Å². The van der Waals surface area contributed by atoms with Crippen molar-refractivity contribution in [3.05, 3.63) is 0 Å². The minimum Gasteiger partial charge on any atom is -0.341 e. The van der Waals surface area contributed by atoms with Gasteiger partial charge in [0.2, 0.25) is 5.91 Å². The Morgan fingerprint density at radius 1 is 1.64 bits per heavy atom. The molecule has 1 unspecified atom stereocenters. The molecule has 0 spiro atoms. The van der Waals surface area contributed by atoms with E-state index in [1.165, 1.54) is 11.8 Å². The Kier molecular flexibility index (Phi) is 3.09. The summed E-state index contributed by atoms with van der Waals surface area (Å²) in [5, 5.41) is 0. The van der Waals surface area contributed by atoms with Crippen LogP contribution in [0.15, 0.2) is 0 Å². The summed E-state index contributed by atoms with van der Waals surface area (Å²) in [6.45, 7) is 2.93. The van der Waals surface area contributed by atoms with Gasteiger partial charge in [-0.15, -0.1) is 0 Å². The molecule has 0 aromatic rings. The van der Waals surface area contributed by atoms with Crippen molar-refractivity contribution in [1.29, 1.82) is 0 Å². The maximum Gasteiger partial charge on any atom is 0.256 e. The topological polar surface area (TPSA) is 46.3 Å². The van der Waals surface area contributed by atoms with Crippen LogP contribution in [0.5, 0.6) is 0 Å². The van der Waals surface area contributed by atoms with Gasteiger partial charge in [0.25, 0.3) is 5.92 Å². The van der Waals surface area contributed by atoms with E-state index in [4.69, 9.17) is 5.73 Å². The standard InChI is InChI=1S/C9H16F2N2O/c1-6(9(2,10)11)8(14)13-4-3-7(12)5-13/h6-7H,3-5,12H2,1-2H3/t6?,7-/m0/s1. The molecule has 0 aromatic heterocycles. The maximum atomic E-state index is 12.8. The van der Waals surface area contributed by atoms with Crippen LogP contribution in [0.4, 0.5) is 8.78 Å². The zero-order valence-electron chi connectivity index (χ0n) is 8.46. The highest BCUT2D eigenvalue weighted by atomic mass is 19.3. The Hall–Kier alpha value is -0.710. The highest BCUT2D eigenvalue weighted by Gasteiger charge is 2.39. The van der Waals surface area contributed by atoms with E-state index in [1.807, 2.05) is 0 Å². The first-order valence-corrected chi connectivity index (χ1v) is 4.74. The molecule has 3 nitrogen and oxygen atoms in total. The zero-order valence-corrected chi connectivity index (χ0v) is 8.46. The van der Waals surface area contributed by atoms with Crippen molar-refractivity contribution >= 4 is 5.91 Å². The number of nitrogens with zero attached hydrogens (tertiary/aromatic N) is 1. The summed E-state index contributed by atoms with van der Waals surface area (Å²) in [6.07, 6.45) is 0.702. The molecule has 1 amide bonds. The van der Waals surface area contributed by atoms with Gasteiger partial charge in [-0.25, -0.2) is 8.78 Å². The first kappa shape index (κ1) is 11.4. The number of hydrogen-bond acceptors (Lipinski definition) is 2. The second kappa shape index (κ2) is 3.81. The van der Waals surface area contributed by atoms with Crippen LogP contribution in [0.3, 0.4) is 0 Å². The van der Waals surface area contributed by atoms with Gasteiger partial charge in [0.15, 0.2) is 0 Å². The molecule has 0 aliphatic carbocycles.